The van der Waals surface area contributed by atoms with E-state index >= 15 is 0 Å². The molecule has 0 radical (unpaired) electrons. The topological polar surface area (TPSA) is 74.0 Å². The van der Waals surface area contributed by atoms with E-state index < -0.39 is 0 Å². The molecule has 23 heavy (non-hydrogen) atoms. The van der Waals surface area contributed by atoms with E-state index in [0.717, 1.165) is 30.8 Å². The van der Waals surface area contributed by atoms with E-state index in [9.17, 15) is 4.79 Å². The molecule has 1 N–H and O–H groups in total. The van der Waals surface area contributed by atoms with Crippen LogP contribution in [0.25, 0.3) is 0 Å². The molecule has 7 nitrogen and oxygen atoms in total. The highest BCUT2D eigenvalue weighted by atomic mass is 16.5. The monoisotopic (exact) mass is 317 g/mol. The molecule has 0 aromatic carbocycles. The molecule has 3 heterocycles. The van der Waals surface area contributed by atoms with Crippen LogP contribution >= 0.6 is 0 Å². The van der Waals surface area contributed by atoms with Crippen molar-refractivity contribution in [1.82, 2.24) is 24.6 Å². The van der Waals surface area contributed by atoms with Crippen LogP contribution in [-0.2, 0) is 22.6 Å². The average Bonchev–Trinajstić information content (AvgIpc) is 3.16. The highest BCUT2D eigenvalue weighted by Crippen LogP contribution is 2.27. The Morgan fingerprint density at radius 2 is 2.39 bits per heavy atom. The summed E-state index contributed by atoms with van der Waals surface area (Å²) in [5.74, 6) is 0.829. The molecule has 0 spiro atoms. The molecule has 1 saturated heterocycles. The minimum absolute atomic E-state index is 0.0526. The number of hydrogen-bond acceptors (Lipinski definition) is 4. The van der Waals surface area contributed by atoms with Gasteiger partial charge in [-0.3, -0.25) is 9.48 Å². The van der Waals surface area contributed by atoms with Crippen LogP contribution in [0.5, 0.6) is 0 Å². The van der Waals surface area contributed by atoms with Crippen LogP contribution in [0.2, 0.25) is 0 Å². The van der Waals surface area contributed by atoms with Crippen LogP contribution in [0.1, 0.15) is 37.3 Å². The third-order valence-electron chi connectivity index (χ3n) is 4.08. The van der Waals surface area contributed by atoms with Gasteiger partial charge in [-0.2, -0.15) is 5.10 Å². The standard InChI is InChI=1S/C16H23N5O2/c1-3-20-7-6-17-16(20)15-13(5-4-8-23-15)19-14(22)11-21-10-12(2)9-18-21/h6-7,9-10,13,15H,3-5,8,11H2,1-2H3,(H,19,22)/t13-,15-/m0/s1. The van der Waals surface area contributed by atoms with Gasteiger partial charge in [-0.25, -0.2) is 4.98 Å². The maximum Gasteiger partial charge on any atom is 0.242 e. The van der Waals surface area contributed by atoms with Gasteiger partial charge in [0.2, 0.25) is 5.91 Å². The van der Waals surface area contributed by atoms with Crippen molar-refractivity contribution >= 4 is 5.91 Å². The summed E-state index contributed by atoms with van der Waals surface area (Å²) in [6, 6.07) is -0.0550. The fraction of sp³-hybridized carbons (Fsp3) is 0.562. The first-order valence-corrected chi connectivity index (χ1v) is 8.08. The van der Waals surface area contributed by atoms with E-state index in [-0.39, 0.29) is 24.6 Å². The van der Waals surface area contributed by atoms with Crippen LogP contribution in [-0.4, -0.2) is 37.9 Å². The first-order valence-electron chi connectivity index (χ1n) is 8.08. The summed E-state index contributed by atoms with van der Waals surface area (Å²) in [5, 5.41) is 7.24. The number of aryl methyl sites for hydroxylation is 2. The minimum atomic E-state index is -0.193. The number of ether oxygens (including phenoxy) is 1. The summed E-state index contributed by atoms with van der Waals surface area (Å²) in [6.07, 6.45) is 8.97. The minimum Gasteiger partial charge on any atom is -0.368 e. The van der Waals surface area contributed by atoms with Crippen molar-refractivity contribution in [3.8, 4) is 0 Å². The maximum absolute atomic E-state index is 12.3. The number of carbonyl (C=O) groups excluding carboxylic acids is 1. The molecule has 0 unspecified atom stereocenters. The predicted molar refractivity (Wildman–Crippen MR) is 84.7 cm³/mol. The van der Waals surface area contributed by atoms with Gasteiger partial charge < -0.3 is 14.6 Å². The van der Waals surface area contributed by atoms with Gasteiger partial charge in [0.25, 0.3) is 0 Å². The summed E-state index contributed by atoms with van der Waals surface area (Å²) >= 11 is 0. The average molecular weight is 317 g/mol. The number of carbonyl (C=O) groups is 1. The van der Waals surface area contributed by atoms with E-state index in [2.05, 4.69) is 26.9 Å². The molecule has 0 aliphatic carbocycles. The van der Waals surface area contributed by atoms with E-state index in [1.54, 1.807) is 17.1 Å². The summed E-state index contributed by atoms with van der Waals surface area (Å²) < 4.78 is 9.62. The molecule has 7 heteroatoms. The van der Waals surface area contributed by atoms with Gasteiger partial charge in [-0.05, 0) is 32.3 Å². The third-order valence-corrected chi connectivity index (χ3v) is 4.08. The Bertz CT molecular complexity index is 663. The van der Waals surface area contributed by atoms with Gasteiger partial charge in [0.15, 0.2) is 0 Å². The van der Waals surface area contributed by atoms with Crippen molar-refractivity contribution in [2.45, 2.75) is 51.9 Å². The van der Waals surface area contributed by atoms with Crippen molar-refractivity contribution in [2.75, 3.05) is 6.61 Å². The van der Waals surface area contributed by atoms with Crippen molar-refractivity contribution in [3.63, 3.8) is 0 Å². The Balaban J connectivity index is 1.68. The number of amides is 1. The zero-order chi connectivity index (χ0) is 16.2. The number of hydrogen-bond donors (Lipinski definition) is 1. The van der Waals surface area contributed by atoms with E-state index in [0.29, 0.717) is 6.61 Å². The van der Waals surface area contributed by atoms with Gasteiger partial charge in [-0.15, -0.1) is 0 Å². The predicted octanol–water partition coefficient (Wildman–Crippen LogP) is 1.44. The van der Waals surface area contributed by atoms with Crippen LogP contribution in [0, 0.1) is 6.92 Å². The normalized spacial score (nSPS) is 21.3. The molecule has 2 atom stereocenters. The van der Waals surface area contributed by atoms with Crippen molar-refractivity contribution in [1.29, 1.82) is 0 Å². The highest BCUT2D eigenvalue weighted by Gasteiger charge is 2.31. The molecule has 1 fully saturated rings. The van der Waals surface area contributed by atoms with E-state index in [4.69, 9.17) is 4.74 Å². The van der Waals surface area contributed by atoms with E-state index in [1.165, 1.54) is 0 Å². The molecule has 2 aromatic rings. The number of aromatic nitrogens is 4. The SMILES string of the molecule is CCn1ccnc1[C@H]1OCCC[C@@H]1NC(=O)Cn1cc(C)cn1. The Labute approximate surface area is 135 Å². The van der Waals surface area contributed by atoms with E-state index in [1.807, 2.05) is 19.3 Å². The quantitative estimate of drug-likeness (QED) is 0.905. The number of rotatable bonds is 5. The Hall–Kier alpha value is -2.15. The Morgan fingerprint density at radius 1 is 1.52 bits per heavy atom. The second kappa shape index (κ2) is 6.95. The summed E-state index contributed by atoms with van der Waals surface area (Å²) in [4.78, 5) is 16.7. The van der Waals surface area contributed by atoms with Crippen LogP contribution in [0.4, 0.5) is 0 Å². The molecule has 124 valence electrons. The maximum atomic E-state index is 12.3. The number of nitrogens with one attached hydrogen (secondary N) is 1. The molecular weight excluding hydrogens is 294 g/mol. The smallest absolute Gasteiger partial charge is 0.242 e. The lowest BCUT2D eigenvalue weighted by molar-refractivity contribution is -0.125. The summed E-state index contributed by atoms with van der Waals surface area (Å²) in [7, 11) is 0. The zero-order valence-corrected chi connectivity index (χ0v) is 13.6. The summed E-state index contributed by atoms with van der Waals surface area (Å²) in [5.41, 5.74) is 1.04. The van der Waals surface area contributed by atoms with Crippen LogP contribution < -0.4 is 5.32 Å². The first kappa shape index (κ1) is 15.7. The second-order valence-corrected chi connectivity index (χ2v) is 5.89. The number of nitrogens with zero attached hydrogens (tertiary/aromatic N) is 4. The molecule has 1 amide bonds. The van der Waals surface area contributed by atoms with Crippen LogP contribution in [0.3, 0.4) is 0 Å². The first-order chi connectivity index (χ1) is 11.2. The van der Waals surface area contributed by atoms with Gasteiger partial charge in [0.05, 0.1) is 12.2 Å². The van der Waals surface area contributed by atoms with Gasteiger partial charge in [0, 0.05) is 31.7 Å². The van der Waals surface area contributed by atoms with Crippen molar-refractivity contribution in [3.05, 3.63) is 36.2 Å². The molecule has 1 aliphatic rings. The molecular formula is C16H23N5O2. The van der Waals surface area contributed by atoms with Gasteiger partial charge in [-0.1, -0.05) is 0 Å². The van der Waals surface area contributed by atoms with Crippen LogP contribution in [0.15, 0.2) is 24.8 Å². The zero-order valence-electron chi connectivity index (χ0n) is 13.6. The molecule has 3 rings (SSSR count). The second-order valence-electron chi connectivity index (χ2n) is 5.89. The largest absolute Gasteiger partial charge is 0.368 e. The van der Waals surface area contributed by atoms with Crippen molar-refractivity contribution < 1.29 is 9.53 Å². The van der Waals surface area contributed by atoms with Gasteiger partial charge in [0.1, 0.15) is 18.5 Å². The Kier molecular flexibility index (Phi) is 4.76. The lowest BCUT2D eigenvalue weighted by Crippen LogP contribution is -2.44. The lowest BCUT2D eigenvalue weighted by atomic mass is 10.0. The molecule has 0 saturated carbocycles. The van der Waals surface area contributed by atoms with Gasteiger partial charge >= 0.3 is 0 Å². The molecule has 1 aliphatic heterocycles. The van der Waals surface area contributed by atoms with Crippen molar-refractivity contribution in [2.24, 2.45) is 0 Å². The summed E-state index contributed by atoms with van der Waals surface area (Å²) in [6.45, 7) is 5.78. The third kappa shape index (κ3) is 3.61. The lowest BCUT2D eigenvalue weighted by Gasteiger charge is -2.32. The molecule has 2 aromatic heterocycles. The molecule has 0 bridgehead atoms. The Morgan fingerprint density at radius 3 is 3.13 bits per heavy atom. The fourth-order valence-corrected chi connectivity index (χ4v) is 2.98. The highest BCUT2D eigenvalue weighted by molar-refractivity contribution is 5.76. The number of imidazole rings is 1. The fourth-order valence-electron chi connectivity index (χ4n) is 2.98.